The highest BCUT2D eigenvalue weighted by Gasteiger charge is 2.23. The minimum atomic E-state index is -0.138. The van der Waals surface area contributed by atoms with Gasteiger partial charge in [0.15, 0.2) is 0 Å². The molecule has 0 aliphatic rings. The number of aromatic nitrogens is 2. The van der Waals surface area contributed by atoms with Gasteiger partial charge in [0.1, 0.15) is 0 Å². The number of thiophene rings is 8. The van der Waals surface area contributed by atoms with Crippen LogP contribution >= 0.6 is 123 Å². The van der Waals surface area contributed by atoms with Crippen LogP contribution in [0.15, 0.2) is 61.8 Å². The van der Waals surface area contributed by atoms with Crippen molar-refractivity contribution in [3.63, 3.8) is 0 Å². The lowest BCUT2D eigenvalue weighted by molar-refractivity contribution is 0.546. The van der Waals surface area contributed by atoms with Crippen LogP contribution in [0.25, 0.3) is 77.9 Å². The molecule has 0 spiro atoms. The van der Waals surface area contributed by atoms with Gasteiger partial charge in [-0.2, -0.15) is 0 Å². The predicted molar refractivity (Wildman–Crippen MR) is 279 cm³/mol. The Morgan fingerprint density at radius 3 is 1.13 bits per heavy atom. The van der Waals surface area contributed by atoms with Gasteiger partial charge in [0.25, 0.3) is 22.2 Å². The number of hydrogen-bond donors (Lipinski definition) is 0. The van der Waals surface area contributed by atoms with Crippen LogP contribution in [-0.2, 0) is 13.1 Å². The lowest BCUT2D eigenvalue weighted by atomic mass is 10.1. The maximum Gasteiger partial charge on any atom is 0.263 e. The van der Waals surface area contributed by atoms with E-state index in [-0.39, 0.29) is 22.2 Å². The zero-order valence-electron chi connectivity index (χ0n) is 32.9. The van der Waals surface area contributed by atoms with Crippen LogP contribution < -0.4 is 22.2 Å². The second-order valence-corrected chi connectivity index (χ2v) is 25.9. The van der Waals surface area contributed by atoms with Crippen molar-refractivity contribution >= 4 is 200 Å². The summed E-state index contributed by atoms with van der Waals surface area (Å²) in [4.78, 5) is 54.5. The lowest BCUT2D eigenvalue weighted by Gasteiger charge is -2.03. The number of halogens is 2. The molecular formula is C44H40Br2N2O4S8. The molecule has 16 heteroatoms. The minimum absolute atomic E-state index is 0.111. The molecule has 0 saturated carbocycles. The Morgan fingerprint density at radius 1 is 0.417 bits per heavy atom. The van der Waals surface area contributed by atoms with Crippen LogP contribution in [0, 0.1) is 0 Å². The smallest absolute Gasteiger partial charge is 0.263 e. The van der Waals surface area contributed by atoms with Gasteiger partial charge in [0, 0.05) is 31.9 Å². The monoisotopic (exact) mass is 1070 g/mol. The van der Waals surface area contributed by atoms with Crippen molar-refractivity contribution in [2.45, 2.75) is 104 Å². The van der Waals surface area contributed by atoms with Gasteiger partial charge in [0.2, 0.25) is 0 Å². The lowest BCUT2D eigenvalue weighted by Crippen LogP contribution is -2.30. The van der Waals surface area contributed by atoms with Gasteiger partial charge in [-0.15, -0.1) is 90.7 Å². The number of unbranched alkanes of at least 4 members (excludes halogenated alkanes) is 10. The predicted octanol–water partition coefficient (Wildman–Crippen LogP) is 16.4. The first-order chi connectivity index (χ1) is 29.2. The molecule has 6 nitrogen and oxygen atoms in total. The molecule has 10 rings (SSSR count). The van der Waals surface area contributed by atoms with Crippen molar-refractivity contribution in [1.82, 2.24) is 9.13 Å². The summed E-state index contributed by atoms with van der Waals surface area (Å²) in [5, 5.41) is 6.98. The fourth-order valence-electron chi connectivity index (χ4n) is 8.02. The third-order valence-electron chi connectivity index (χ3n) is 11.0. The molecule has 10 aromatic rings. The molecule has 60 heavy (non-hydrogen) atoms. The van der Waals surface area contributed by atoms with Crippen LogP contribution in [0.4, 0.5) is 0 Å². The number of hydrogen-bond acceptors (Lipinski definition) is 12. The van der Waals surface area contributed by atoms with Gasteiger partial charge in [-0.3, -0.25) is 28.3 Å². The molecule has 0 unspecified atom stereocenters. The van der Waals surface area contributed by atoms with Crippen molar-refractivity contribution in [2.24, 2.45) is 0 Å². The molecule has 10 heterocycles. The summed E-state index contributed by atoms with van der Waals surface area (Å²) in [6.07, 6.45) is 13.5. The zero-order valence-corrected chi connectivity index (χ0v) is 42.6. The second-order valence-electron chi connectivity index (χ2n) is 15.0. The molecule has 0 aromatic carbocycles. The molecule has 0 aliphatic heterocycles. The molecule has 0 bridgehead atoms. The van der Waals surface area contributed by atoms with Gasteiger partial charge < -0.3 is 0 Å². The Kier molecular flexibility index (Phi) is 13.3. The summed E-state index contributed by atoms with van der Waals surface area (Å²) in [5.74, 6) is 0. The van der Waals surface area contributed by atoms with E-state index in [1.165, 1.54) is 54.1 Å². The van der Waals surface area contributed by atoms with Crippen LogP contribution in [0.5, 0.6) is 0 Å². The van der Waals surface area contributed by atoms with Crippen LogP contribution in [0.2, 0.25) is 0 Å². The zero-order chi connectivity index (χ0) is 41.7. The van der Waals surface area contributed by atoms with Gasteiger partial charge in [-0.25, -0.2) is 0 Å². The molecule has 0 aliphatic carbocycles. The highest BCUT2D eigenvalue weighted by Crippen LogP contribution is 2.47. The van der Waals surface area contributed by atoms with E-state index in [2.05, 4.69) is 70.0 Å². The maximum atomic E-state index is 13.7. The fourth-order valence-corrected chi connectivity index (χ4v) is 19.4. The molecule has 10 aromatic heterocycles. The van der Waals surface area contributed by atoms with Gasteiger partial charge in [-0.1, -0.05) is 78.1 Å². The highest BCUT2D eigenvalue weighted by atomic mass is 79.9. The molecule has 0 atom stereocenters. The van der Waals surface area contributed by atoms with Crippen molar-refractivity contribution in [3.8, 4) is 0 Å². The Labute approximate surface area is 393 Å². The summed E-state index contributed by atoms with van der Waals surface area (Å²) >= 11 is 20.1. The van der Waals surface area contributed by atoms with E-state index in [0.717, 1.165) is 107 Å². The number of nitrogens with zero attached hydrogens (tertiary/aromatic N) is 2. The van der Waals surface area contributed by atoms with Crippen LogP contribution in [0.3, 0.4) is 0 Å². The van der Waals surface area contributed by atoms with Crippen molar-refractivity contribution in [1.29, 1.82) is 0 Å². The molecule has 0 N–H and O–H groups in total. The first kappa shape index (κ1) is 43.1. The van der Waals surface area contributed by atoms with E-state index < -0.39 is 0 Å². The summed E-state index contributed by atoms with van der Waals surface area (Å²) in [7, 11) is 0. The standard InChI is InChI=1S/C22H19Br2NO2S4.C22H21NO2S4/c1-2-3-4-5-6-7-8-25-21(26)15-17-11(9-13(23)30-17)28-19(15)20-16(22(25)27)18-12(29-20)10-14(24)31-18;1-2-3-4-5-6-7-10-23-21(24)15-17-13(8-11-26-17)28-19(15)20-16(22(23)25)18-14(29-20)9-12-27-18/h9-10H,2-8H2,1H3;8-9,11-12H,2-7,10H2,1H3. The minimum Gasteiger partial charge on any atom is -0.274 e. The van der Waals surface area contributed by atoms with Crippen LogP contribution in [0.1, 0.15) is 90.9 Å². The topological polar surface area (TPSA) is 78.1 Å². The second kappa shape index (κ2) is 18.5. The van der Waals surface area contributed by atoms with Crippen molar-refractivity contribution in [3.05, 3.63) is 84.0 Å². The molecule has 312 valence electrons. The Bertz CT molecular complexity index is 3250. The molecular weight excluding hydrogens is 1040 g/mol. The first-order valence-electron chi connectivity index (χ1n) is 20.4. The third kappa shape index (κ3) is 7.91. The SMILES string of the molecule is CCCCCCCCn1c(=O)c2c3sc(Br)cc3sc2c2sc3cc(Br)sc3c2c1=O.CCCCCCCCn1c(=O)c2c3sccc3sc2c2sc3ccsc3c2c1=O. The molecule has 0 saturated heterocycles. The number of fused-ring (bicyclic) bond motifs is 14. The van der Waals surface area contributed by atoms with Gasteiger partial charge in [0.05, 0.1) is 66.7 Å². The summed E-state index contributed by atoms with van der Waals surface area (Å²) in [5.41, 5.74) is -0.497. The Balaban J connectivity index is 0.000000154. The third-order valence-corrected chi connectivity index (χ3v) is 21.6. The highest BCUT2D eigenvalue weighted by molar-refractivity contribution is 9.11. The van der Waals surface area contributed by atoms with E-state index in [0.29, 0.717) is 23.9 Å². The van der Waals surface area contributed by atoms with Crippen LogP contribution in [-0.4, -0.2) is 9.13 Å². The summed E-state index contributed by atoms with van der Waals surface area (Å²) in [6.45, 7) is 5.41. The average molecular weight is 1080 g/mol. The molecule has 0 radical (unpaired) electrons. The largest absolute Gasteiger partial charge is 0.274 e. The quantitative estimate of drug-likeness (QED) is 0.102. The average Bonchev–Trinajstić information content (AvgIpc) is 4.08. The summed E-state index contributed by atoms with van der Waals surface area (Å²) < 4.78 is 17.5. The van der Waals surface area contributed by atoms with Crippen molar-refractivity contribution in [2.75, 3.05) is 0 Å². The maximum absolute atomic E-state index is 13.7. The molecule has 0 fully saturated rings. The summed E-state index contributed by atoms with van der Waals surface area (Å²) in [6, 6.07) is 8.33. The van der Waals surface area contributed by atoms with Crippen molar-refractivity contribution < 1.29 is 0 Å². The van der Waals surface area contributed by atoms with Gasteiger partial charge in [-0.05, 0) is 79.7 Å². The Hall–Kier alpha value is -2.12. The van der Waals surface area contributed by atoms with E-state index in [4.69, 9.17) is 0 Å². The van der Waals surface area contributed by atoms with E-state index in [9.17, 15) is 19.2 Å². The Morgan fingerprint density at radius 2 is 0.750 bits per heavy atom. The van der Waals surface area contributed by atoms with E-state index in [1.54, 1.807) is 90.7 Å². The van der Waals surface area contributed by atoms with E-state index >= 15 is 0 Å². The number of rotatable bonds is 14. The molecule has 0 amide bonds. The van der Waals surface area contributed by atoms with E-state index in [1.807, 2.05) is 10.8 Å². The fraction of sp³-hybridized carbons (Fsp3) is 0.364. The normalized spacial score (nSPS) is 12.2. The van der Waals surface area contributed by atoms with Gasteiger partial charge >= 0.3 is 0 Å². The first-order valence-corrected chi connectivity index (χ1v) is 28.6.